The summed E-state index contributed by atoms with van der Waals surface area (Å²) in [5.41, 5.74) is 2.67. The lowest BCUT2D eigenvalue weighted by Gasteiger charge is -2.01. The highest BCUT2D eigenvalue weighted by Gasteiger charge is 2.04. The van der Waals surface area contributed by atoms with Gasteiger partial charge in [-0.1, -0.05) is 18.2 Å². The summed E-state index contributed by atoms with van der Waals surface area (Å²) in [4.78, 5) is 0. The number of aryl methyl sites for hydroxylation is 1. The van der Waals surface area contributed by atoms with Crippen molar-refractivity contribution in [1.82, 2.24) is 9.88 Å². The Hall–Kier alpha value is -0.930. The standard InChI is InChI=1S/C13H18N2S/c1-15-10-11(9-14-7-4-8-16)12-5-2-3-6-13(12)15/h2-3,5-6,10,14,16H,4,7-9H2,1H3. The van der Waals surface area contributed by atoms with Crippen molar-refractivity contribution < 1.29 is 0 Å². The first-order valence-electron chi connectivity index (χ1n) is 5.67. The zero-order valence-electron chi connectivity index (χ0n) is 9.61. The van der Waals surface area contributed by atoms with Gasteiger partial charge in [-0.15, -0.1) is 0 Å². The number of para-hydroxylation sites is 1. The van der Waals surface area contributed by atoms with Gasteiger partial charge in [0.1, 0.15) is 0 Å². The maximum Gasteiger partial charge on any atom is 0.0481 e. The van der Waals surface area contributed by atoms with Crippen LogP contribution in [0.1, 0.15) is 12.0 Å². The predicted molar refractivity (Wildman–Crippen MR) is 73.1 cm³/mol. The van der Waals surface area contributed by atoms with Gasteiger partial charge in [0.2, 0.25) is 0 Å². The van der Waals surface area contributed by atoms with Crippen LogP contribution in [0.5, 0.6) is 0 Å². The van der Waals surface area contributed by atoms with Crippen LogP contribution < -0.4 is 5.32 Å². The molecule has 1 N–H and O–H groups in total. The van der Waals surface area contributed by atoms with Gasteiger partial charge in [-0.2, -0.15) is 12.6 Å². The summed E-state index contributed by atoms with van der Waals surface area (Å²) in [6, 6.07) is 8.53. The third-order valence-corrected chi connectivity index (χ3v) is 3.12. The van der Waals surface area contributed by atoms with Gasteiger partial charge in [0.25, 0.3) is 0 Å². The number of hydrogen-bond acceptors (Lipinski definition) is 2. The van der Waals surface area contributed by atoms with E-state index in [0.29, 0.717) is 0 Å². The number of rotatable bonds is 5. The van der Waals surface area contributed by atoms with Gasteiger partial charge in [-0.05, 0) is 30.3 Å². The summed E-state index contributed by atoms with van der Waals surface area (Å²) in [5.74, 6) is 0.947. The Labute approximate surface area is 102 Å². The van der Waals surface area contributed by atoms with Crippen molar-refractivity contribution in [2.75, 3.05) is 12.3 Å². The van der Waals surface area contributed by atoms with E-state index in [0.717, 1.165) is 25.3 Å². The van der Waals surface area contributed by atoms with Gasteiger partial charge in [-0.3, -0.25) is 0 Å². The van der Waals surface area contributed by atoms with E-state index >= 15 is 0 Å². The van der Waals surface area contributed by atoms with Crippen molar-refractivity contribution in [2.45, 2.75) is 13.0 Å². The molecule has 1 aromatic carbocycles. The second kappa shape index (κ2) is 5.41. The van der Waals surface area contributed by atoms with E-state index in [-0.39, 0.29) is 0 Å². The van der Waals surface area contributed by atoms with Crippen molar-refractivity contribution in [1.29, 1.82) is 0 Å². The SMILES string of the molecule is Cn1cc(CNCCCS)c2ccccc21. The molecule has 0 aliphatic carbocycles. The molecule has 2 rings (SSSR count). The van der Waals surface area contributed by atoms with E-state index in [9.17, 15) is 0 Å². The minimum absolute atomic E-state index is 0.940. The molecule has 0 spiro atoms. The molecule has 0 fully saturated rings. The van der Waals surface area contributed by atoms with Crippen LogP contribution in [0.15, 0.2) is 30.5 Å². The molecule has 0 saturated heterocycles. The van der Waals surface area contributed by atoms with E-state index in [1.54, 1.807) is 0 Å². The number of thiol groups is 1. The van der Waals surface area contributed by atoms with Crippen LogP contribution in [0.4, 0.5) is 0 Å². The van der Waals surface area contributed by atoms with Crippen molar-refractivity contribution >= 4 is 23.5 Å². The van der Waals surface area contributed by atoms with Crippen molar-refractivity contribution in [3.8, 4) is 0 Å². The van der Waals surface area contributed by atoms with Crippen LogP contribution in [0, 0.1) is 0 Å². The Morgan fingerprint density at radius 1 is 1.31 bits per heavy atom. The molecule has 2 nitrogen and oxygen atoms in total. The number of aromatic nitrogens is 1. The third kappa shape index (κ3) is 2.42. The summed E-state index contributed by atoms with van der Waals surface area (Å²) in [6.45, 7) is 1.97. The molecule has 0 unspecified atom stereocenters. The fraction of sp³-hybridized carbons (Fsp3) is 0.385. The van der Waals surface area contributed by atoms with E-state index in [4.69, 9.17) is 0 Å². The number of fused-ring (bicyclic) bond motifs is 1. The lowest BCUT2D eigenvalue weighted by Crippen LogP contribution is -2.14. The first-order valence-corrected chi connectivity index (χ1v) is 6.30. The molecule has 2 aromatic rings. The van der Waals surface area contributed by atoms with Gasteiger partial charge < -0.3 is 9.88 Å². The van der Waals surface area contributed by atoms with Crippen molar-refractivity contribution in [3.63, 3.8) is 0 Å². The highest BCUT2D eigenvalue weighted by molar-refractivity contribution is 7.80. The molecule has 0 aliphatic rings. The monoisotopic (exact) mass is 234 g/mol. The van der Waals surface area contributed by atoms with Gasteiger partial charge in [0.15, 0.2) is 0 Å². The van der Waals surface area contributed by atoms with Crippen molar-refractivity contribution in [3.05, 3.63) is 36.0 Å². The number of benzene rings is 1. The molecule has 0 aliphatic heterocycles. The molecule has 0 amide bonds. The first-order chi connectivity index (χ1) is 7.83. The number of nitrogens with zero attached hydrogens (tertiary/aromatic N) is 1. The average Bonchev–Trinajstić information content (AvgIpc) is 2.63. The molecule has 0 saturated carbocycles. The van der Waals surface area contributed by atoms with Gasteiger partial charge >= 0.3 is 0 Å². The predicted octanol–water partition coefficient (Wildman–Crippen LogP) is 2.59. The lowest BCUT2D eigenvalue weighted by atomic mass is 10.2. The maximum atomic E-state index is 4.20. The average molecular weight is 234 g/mol. The summed E-state index contributed by atoms with van der Waals surface area (Å²) < 4.78 is 2.19. The fourth-order valence-electron chi connectivity index (χ4n) is 1.99. The molecule has 16 heavy (non-hydrogen) atoms. The first kappa shape index (κ1) is 11.6. The number of hydrogen-bond donors (Lipinski definition) is 2. The summed E-state index contributed by atoms with van der Waals surface area (Å²) in [5, 5.41) is 4.80. The van der Waals surface area contributed by atoms with Crippen LogP contribution in [0.25, 0.3) is 10.9 Å². The van der Waals surface area contributed by atoms with E-state index in [1.165, 1.54) is 16.5 Å². The highest BCUT2D eigenvalue weighted by Crippen LogP contribution is 2.19. The van der Waals surface area contributed by atoms with Crippen LogP contribution in [-0.4, -0.2) is 16.9 Å². The normalized spacial score (nSPS) is 11.1. The topological polar surface area (TPSA) is 17.0 Å². The second-order valence-electron chi connectivity index (χ2n) is 4.04. The molecular formula is C13H18N2S. The van der Waals surface area contributed by atoms with E-state index in [2.05, 4.69) is 60.0 Å². The highest BCUT2D eigenvalue weighted by atomic mass is 32.1. The molecule has 0 atom stereocenters. The Balaban J connectivity index is 2.12. The van der Waals surface area contributed by atoms with Crippen LogP contribution in [-0.2, 0) is 13.6 Å². The largest absolute Gasteiger partial charge is 0.350 e. The molecular weight excluding hydrogens is 216 g/mol. The fourth-order valence-corrected chi connectivity index (χ4v) is 2.15. The molecule has 3 heteroatoms. The van der Waals surface area contributed by atoms with Crippen molar-refractivity contribution in [2.24, 2.45) is 7.05 Å². The van der Waals surface area contributed by atoms with Crippen LogP contribution in [0.3, 0.4) is 0 Å². The molecule has 0 bridgehead atoms. The summed E-state index contributed by atoms with van der Waals surface area (Å²) >= 11 is 4.20. The quantitative estimate of drug-likeness (QED) is 0.600. The van der Waals surface area contributed by atoms with Gasteiger partial charge in [-0.25, -0.2) is 0 Å². The second-order valence-corrected chi connectivity index (χ2v) is 4.48. The Kier molecular flexibility index (Phi) is 3.91. The molecule has 0 radical (unpaired) electrons. The Bertz CT molecular complexity index is 462. The third-order valence-electron chi connectivity index (χ3n) is 2.81. The smallest absolute Gasteiger partial charge is 0.0481 e. The Morgan fingerprint density at radius 3 is 2.94 bits per heavy atom. The minimum Gasteiger partial charge on any atom is -0.350 e. The van der Waals surface area contributed by atoms with E-state index in [1.807, 2.05) is 0 Å². The molecule has 1 aromatic heterocycles. The zero-order valence-corrected chi connectivity index (χ0v) is 10.5. The lowest BCUT2D eigenvalue weighted by molar-refractivity contribution is 0.680. The van der Waals surface area contributed by atoms with Crippen LogP contribution >= 0.6 is 12.6 Å². The Morgan fingerprint density at radius 2 is 2.12 bits per heavy atom. The summed E-state index contributed by atoms with van der Waals surface area (Å²) in [6.07, 6.45) is 3.33. The molecule has 86 valence electrons. The summed E-state index contributed by atoms with van der Waals surface area (Å²) in [7, 11) is 2.10. The number of nitrogens with one attached hydrogen (secondary N) is 1. The maximum absolute atomic E-state index is 4.20. The van der Waals surface area contributed by atoms with Crippen LogP contribution in [0.2, 0.25) is 0 Å². The van der Waals surface area contributed by atoms with Gasteiger partial charge in [0.05, 0.1) is 0 Å². The van der Waals surface area contributed by atoms with Gasteiger partial charge in [0, 0.05) is 30.7 Å². The minimum atomic E-state index is 0.940. The molecule has 1 heterocycles. The van der Waals surface area contributed by atoms with E-state index < -0.39 is 0 Å². The zero-order chi connectivity index (χ0) is 11.4.